The van der Waals surface area contributed by atoms with Crippen LogP contribution in [0.1, 0.15) is 31.7 Å². The van der Waals surface area contributed by atoms with E-state index < -0.39 is 0 Å². The van der Waals surface area contributed by atoms with E-state index in [0.717, 1.165) is 31.6 Å². The molecule has 0 bridgehead atoms. The van der Waals surface area contributed by atoms with Crippen molar-refractivity contribution in [3.8, 4) is 6.07 Å². The number of piperidine rings is 1. The minimum absolute atomic E-state index is 0.00184. The molecule has 20 heavy (non-hydrogen) atoms. The quantitative estimate of drug-likeness (QED) is 0.673. The molecule has 1 aliphatic heterocycles. The number of hydrogen-bond acceptors (Lipinski definition) is 5. The zero-order valence-electron chi connectivity index (χ0n) is 11.6. The Morgan fingerprint density at radius 2 is 2.20 bits per heavy atom. The first-order valence-corrected chi connectivity index (χ1v) is 6.88. The van der Waals surface area contributed by atoms with E-state index in [1.807, 2.05) is 6.07 Å². The molecular weight excluding hydrogens is 254 g/mol. The van der Waals surface area contributed by atoms with Crippen molar-refractivity contribution in [3.05, 3.63) is 23.8 Å². The fourth-order valence-electron chi connectivity index (χ4n) is 2.40. The number of hydrogen-bond donors (Lipinski definition) is 1. The minimum Gasteiger partial charge on any atom is -0.462 e. The van der Waals surface area contributed by atoms with Crippen LogP contribution in [0.15, 0.2) is 18.2 Å². The smallest absolute Gasteiger partial charge is 0.305 e. The number of nitriles is 1. The first kappa shape index (κ1) is 14.2. The van der Waals surface area contributed by atoms with E-state index in [4.69, 9.17) is 10.5 Å². The molecule has 0 saturated carbocycles. The van der Waals surface area contributed by atoms with Crippen molar-refractivity contribution >= 4 is 17.3 Å². The highest BCUT2D eigenvalue weighted by Gasteiger charge is 2.23. The molecule has 5 nitrogen and oxygen atoms in total. The van der Waals surface area contributed by atoms with Gasteiger partial charge >= 0.3 is 5.97 Å². The van der Waals surface area contributed by atoms with E-state index in [0.29, 0.717) is 17.7 Å². The van der Waals surface area contributed by atoms with Crippen molar-refractivity contribution in [2.45, 2.75) is 32.3 Å². The van der Waals surface area contributed by atoms with Crippen molar-refractivity contribution < 1.29 is 9.53 Å². The predicted molar refractivity (Wildman–Crippen MR) is 77.2 cm³/mol. The Labute approximate surface area is 118 Å². The number of nitrogens with two attached hydrogens (primary N) is 1. The van der Waals surface area contributed by atoms with Gasteiger partial charge in [-0.3, -0.25) is 4.79 Å². The summed E-state index contributed by atoms with van der Waals surface area (Å²) in [5.41, 5.74) is 7.79. The standard InChI is InChI=1S/C15H19N3O2/c1-2-15(19)20-13-5-7-18(8-6-13)14-4-3-12(17)9-11(14)10-16/h3-4,9,13H,2,5-8,17H2,1H3. The zero-order valence-corrected chi connectivity index (χ0v) is 11.6. The number of rotatable bonds is 3. The Bertz CT molecular complexity index is 528. The van der Waals surface area contributed by atoms with E-state index >= 15 is 0 Å². The molecule has 5 heteroatoms. The monoisotopic (exact) mass is 273 g/mol. The minimum atomic E-state index is -0.145. The van der Waals surface area contributed by atoms with Crippen molar-refractivity contribution in [2.24, 2.45) is 0 Å². The predicted octanol–water partition coefficient (Wildman–Crippen LogP) is 2.06. The molecule has 2 N–H and O–H groups in total. The maximum Gasteiger partial charge on any atom is 0.305 e. The van der Waals surface area contributed by atoms with Crippen molar-refractivity contribution in [1.29, 1.82) is 5.26 Å². The lowest BCUT2D eigenvalue weighted by molar-refractivity contribution is -0.149. The molecule has 106 valence electrons. The van der Waals surface area contributed by atoms with Crippen LogP contribution in [-0.2, 0) is 9.53 Å². The summed E-state index contributed by atoms with van der Waals surface area (Å²) in [4.78, 5) is 13.4. The summed E-state index contributed by atoms with van der Waals surface area (Å²) < 4.78 is 5.35. The molecule has 0 spiro atoms. The summed E-state index contributed by atoms with van der Waals surface area (Å²) in [5.74, 6) is -0.145. The highest BCUT2D eigenvalue weighted by Crippen LogP contribution is 2.26. The van der Waals surface area contributed by atoms with Crippen LogP contribution in [0.4, 0.5) is 11.4 Å². The molecule has 1 fully saturated rings. The maximum absolute atomic E-state index is 11.3. The fourth-order valence-corrected chi connectivity index (χ4v) is 2.40. The molecule has 1 aliphatic rings. The second kappa shape index (κ2) is 6.29. The molecule has 1 saturated heterocycles. The number of carbonyl (C=O) groups excluding carboxylic acids is 1. The molecule has 1 heterocycles. The van der Waals surface area contributed by atoms with Gasteiger partial charge in [0.2, 0.25) is 0 Å². The van der Waals surface area contributed by atoms with Gasteiger partial charge in [-0.1, -0.05) is 6.92 Å². The summed E-state index contributed by atoms with van der Waals surface area (Å²) in [7, 11) is 0. The number of carbonyl (C=O) groups is 1. The molecular formula is C15H19N3O2. The van der Waals surface area contributed by atoms with E-state index in [-0.39, 0.29) is 12.1 Å². The average molecular weight is 273 g/mol. The maximum atomic E-state index is 11.3. The number of nitrogen functional groups attached to an aromatic ring is 1. The molecule has 1 aromatic carbocycles. The van der Waals surface area contributed by atoms with Gasteiger partial charge in [0, 0.05) is 38.0 Å². The van der Waals surface area contributed by atoms with Crippen LogP contribution in [0.25, 0.3) is 0 Å². The van der Waals surface area contributed by atoms with Gasteiger partial charge in [-0.25, -0.2) is 0 Å². The van der Waals surface area contributed by atoms with E-state index in [1.165, 1.54) is 0 Å². The normalized spacial score (nSPS) is 15.7. The van der Waals surface area contributed by atoms with Crippen molar-refractivity contribution in [3.63, 3.8) is 0 Å². The Morgan fingerprint density at radius 3 is 2.80 bits per heavy atom. The topological polar surface area (TPSA) is 79.3 Å². The van der Waals surface area contributed by atoms with Crippen LogP contribution in [0.3, 0.4) is 0 Å². The summed E-state index contributed by atoms with van der Waals surface area (Å²) >= 11 is 0. The van der Waals surface area contributed by atoms with Gasteiger partial charge in [-0.2, -0.15) is 5.26 Å². The molecule has 0 aliphatic carbocycles. The third-order valence-corrected chi connectivity index (χ3v) is 3.51. The third kappa shape index (κ3) is 3.21. The average Bonchev–Trinajstić information content (AvgIpc) is 2.48. The second-order valence-electron chi connectivity index (χ2n) is 4.92. The van der Waals surface area contributed by atoms with Gasteiger partial charge < -0.3 is 15.4 Å². The molecule has 1 aromatic rings. The van der Waals surface area contributed by atoms with Gasteiger partial charge in [0.1, 0.15) is 12.2 Å². The molecule has 0 aromatic heterocycles. The van der Waals surface area contributed by atoms with Gasteiger partial charge in [-0.05, 0) is 18.2 Å². The summed E-state index contributed by atoms with van der Waals surface area (Å²) in [5, 5.41) is 9.17. The summed E-state index contributed by atoms with van der Waals surface area (Å²) in [6, 6.07) is 7.56. The summed E-state index contributed by atoms with van der Waals surface area (Å²) in [6.45, 7) is 3.35. The Balaban J connectivity index is 2.01. The van der Waals surface area contributed by atoms with Gasteiger partial charge in [0.15, 0.2) is 0 Å². The van der Waals surface area contributed by atoms with Gasteiger partial charge in [0.25, 0.3) is 0 Å². The molecule has 0 atom stereocenters. The third-order valence-electron chi connectivity index (χ3n) is 3.51. The van der Waals surface area contributed by atoms with Gasteiger partial charge in [-0.15, -0.1) is 0 Å². The Morgan fingerprint density at radius 1 is 1.50 bits per heavy atom. The lowest BCUT2D eigenvalue weighted by Crippen LogP contribution is -2.38. The number of benzene rings is 1. The van der Waals surface area contributed by atoms with Crippen molar-refractivity contribution in [2.75, 3.05) is 23.7 Å². The number of ether oxygens (including phenoxy) is 1. The zero-order chi connectivity index (χ0) is 14.5. The van der Waals surface area contributed by atoms with Crippen molar-refractivity contribution in [1.82, 2.24) is 0 Å². The highest BCUT2D eigenvalue weighted by molar-refractivity contribution is 5.69. The van der Waals surface area contributed by atoms with E-state index in [2.05, 4.69) is 11.0 Å². The van der Waals surface area contributed by atoms with E-state index in [9.17, 15) is 10.1 Å². The number of anilines is 2. The lowest BCUT2D eigenvalue weighted by atomic mass is 10.0. The van der Waals surface area contributed by atoms with Crippen LogP contribution >= 0.6 is 0 Å². The Kier molecular flexibility index (Phi) is 4.46. The number of nitrogens with zero attached hydrogens (tertiary/aromatic N) is 2. The van der Waals surface area contributed by atoms with Gasteiger partial charge in [0.05, 0.1) is 11.3 Å². The van der Waals surface area contributed by atoms with Crippen LogP contribution in [0.5, 0.6) is 0 Å². The van der Waals surface area contributed by atoms with Crippen LogP contribution < -0.4 is 10.6 Å². The molecule has 2 rings (SSSR count). The van der Waals surface area contributed by atoms with E-state index in [1.54, 1.807) is 19.1 Å². The highest BCUT2D eigenvalue weighted by atomic mass is 16.5. The number of esters is 1. The first-order chi connectivity index (χ1) is 9.63. The lowest BCUT2D eigenvalue weighted by Gasteiger charge is -2.33. The largest absolute Gasteiger partial charge is 0.462 e. The molecule has 0 unspecified atom stereocenters. The Hall–Kier alpha value is -2.22. The molecule has 0 amide bonds. The second-order valence-corrected chi connectivity index (χ2v) is 4.92. The van der Waals surface area contributed by atoms with Crippen LogP contribution in [-0.4, -0.2) is 25.2 Å². The first-order valence-electron chi connectivity index (χ1n) is 6.88. The fraction of sp³-hybridized carbons (Fsp3) is 0.467. The van der Waals surface area contributed by atoms with Crippen LogP contribution in [0, 0.1) is 11.3 Å². The SMILES string of the molecule is CCC(=O)OC1CCN(c2ccc(N)cc2C#N)CC1. The molecule has 0 radical (unpaired) electrons. The summed E-state index contributed by atoms with van der Waals surface area (Å²) in [6.07, 6.45) is 2.00. The van der Waals surface area contributed by atoms with Crippen LogP contribution in [0.2, 0.25) is 0 Å².